The van der Waals surface area contributed by atoms with Crippen molar-refractivity contribution in [2.45, 2.75) is 41.0 Å². The Kier molecular flexibility index (Phi) is 7.95. The molecule has 2 heteroatoms. The third-order valence-corrected chi connectivity index (χ3v) is 2.62. The highest BCUT2D eigenvalue weighted by atomic mass is 16.5. The lowest BCUT2D eigenvalue weighted by Crippen LogP contribution is -2.05. The van der Waals surface area contributed by atoms with Gasteiger partial charge in [-0.25, -0.2) is 0 Å². The Hall–Kier alpha value is -1.44. The molecule has 0 aromatic heterocycles. The predicted molar refractivity (Wildman–Crippen MR) is 75.5 cm³/mol. The van der Waals surface area contributed by atoms with E-state index in [0.29, 0.717) is 6.61 Å². The molecule has 0 saturated carbocycles. The lowest BCUT2D eigenvalue weighted by molar-refractivity contribution is 0.222. The van der Waals surface area contributed by atoms with E-state index in [1.54, 1.807) is 0 Å². The molecule has 0 rings (SSSR count). The van der Waals surface area contributed by atoms with Gasteiger partial charge in [-0.2, -0.15) is 0 Å². The maximum Gasteiger partial charge on any atom is 0.0960 e. The summed E-state index contributed by atoms with van der Waals surface area (Å²) < 4.78 is 5.56. The molecule has 0 unspecified atom stereocenters. The Bertz CT molecular complexity index is 346. The van der Waals surface area contributed by atoms with Crippen molar-refractivity contribution in [2.75, 3.05) is 6.61 Å². The topological polar surface area (TPSA) is 35.2 Å². The van der Waals surface area contributed by atoms with Crippen LogP contribution in [0.15, 0.2) is 46.9 Å². The molecule has 96 valence electrons. The second kappa shape index (κ2) is 8.68. The minimum absolute atomic E-state index is 0.695. The van der Waals surface area contributed by atoms with E-state index in [-0.39, 0.29) is 0 Å². The van der Waals surface area contributed by atoms with Gasteiger partial charge in [-0.05, 0) is 51.8 Å². The van der Waals surface area contributed by atoms with E-state index >= 15 is 0 Å². The van der Waals surface area contributed by atoms with E-state index in [1.165, 1.54) is 5.57 Å². The van der Waals surface area contributed by atoms with Gasteiger partial charge in [0.15, 0.2) is 0 Å². The first-order chi connectivity index (χ1) is 8.14. The van der Waals surface area contributed by atoms with Crippen molar-refractivity contribution in [3.05, 3.63) is 46.9 Å². The van der Waals surface area contributed by atoms with Crippen LogP contribution in [-0.2, 0) is 4.74 Å². The smallest absolute Gasteiger partial charge is 0.0960 e. The Morgan fingerprint density at radius 3 is 2.00 bits per heavy atom. The first-order valence-electron chi connectivity index (χ1n) is 6.16. The van der Waals surface area contributed by atoms with Gasteiger partial charge in [0.05, 0.1) is 12.4 Å². The first-order valence-corrected chi connectivity index (χ1v) is 6.16. The van der Waals surface area contributed by atoms with Gasteiger partial charge in [0, 0.05) is 12.1 Å². The molecule has 0 amide bonds. The molecule has 0 aromatic carbocycles. The zero-order chi connectivity index (χ0) is 13.3. The maximum atomic E-state index is 5.99. The SMILES string of the molecule is CC=C(CC(=CC)C(=CC)C(N)=CC)OCC. The van der Waals surface area contributed by atoms with Crippen LogP contribution >= 0.6 is 0 Å². The lowest BCUT2D eigenvalue weighted by Gasteiger charge is -2.14. The quantitative estimate of drug-likeness (QED) is 0.556. The standard InChI is InChI=1S/C15H25NO/c1-6-12(11-13(7-2)17-10-5)14(8-3)15(16)9-4/h6-9H,10-11,16H2,1-5H3. The van der Waals surface area contributed by atoms with Crippen LogP contribution in [0.4, 0.5) is 0 Å². The number of hydrogen-bond acceptors (Lipinski definition) is 2. The summed E-state index contributed by atoms with van der Waals surface area (Å²) in [6, 6.07) is 0. The molecule has 2 N–H and O–H groups in total. The third-order valence-electron chi connectivity index (χ3n) is 2.62. The Morgan fingerprint density at radius 2 is 1.65 bits per heavy atom. The second-order valence-electron chi connectivity index (χ2n) is 3.63. The fraction of sp³-hybridized carbons (Fsp3) is 0.467. The van der Waals surface area contributed by atoms with Crippen molar-refractivity contribution in [3.8, 4) is 0 Å². The highest BCUT2D eigenvalue weighted by Gasteiger charge is 2.08. The van der Waals surface area contributed by atoms with E-state index in [1.807, 2.05) is 52.8 Å². The summed E-state index contributed by atoms with van der Waals surface area (Å²) in [6.07, 6.45) is 8.86. The van der Waals surface area contributed by atoms with Gasteiger partial charge in [-0.1, -0.05) is 18.2 Å². The molecule has 0 aliphatic rings. The van der Waals surface area contributed by atoms with E-state index in [2.05, 4.69) is 6.08 Å². The van der Waals surface area contributed by atoms with Crippen molar-refractivity contribution in [1.29, 1.82) is 0 Å². The normalized spacial score (nSPS) is 15.1. The Balaban J connectivity index is 4.99. The van der Waals surface area contributed by atoms with E-state index in [4.69, 9.17) is 10.5 Å². The molecule has 0 aliphatic heterocycles. The fourth-order valence-electron chi connectivity index (χ4n) is 1.66. The summed E-state index contributed by atoms with van der Waals surface area (Å²) in [5, 5.41) is 0. The molecule has 17 heavy (non-hydrogen) atoms. The van der Waals surface area contributed by atoms with Crippen molar-refractivity contribution in [1.82, 2.24) is 0 Å². The molecule has 0 aliphatic carbocycles. The van der Waals surface area contributed by atoms with Gasteiger partial charge in [0.1, 0.15) is 0 Å². The van der Waals surface area contributed by atoms with Crippen LogP contribution in [0.2, 0.25) is 0 Å². The molecule has 0 radical (unpaired) electrons. The number of ether oxygens (including phenoxy) is 1. The summed E-state index contributed by atoms with van der Waals surface area (Å²) >= 11 is 0. The molecule has 0 atom stereocenters. The molecule has 0 bridgehead atoms. The average molecular weight is 235 g/mol. The molecule has 0 fully saturated rings. The summed E-state index contributed by atoms with van der Waals surface area (Å²) in [5.41, 5.74) is 9.09. The van der Waals surface area contributed by atoms with E-state index < -0.39 is 0 Å². The maximum absolute atomic E-state index is 5.99. The minimum Gasteiger partial charge on any atom is -0.498 e. The molecule has 2 nitrogen and oxygen atoms in total. The summed E-state index contributed by atoms with van der Waals surface area (Å²) in [4.78, 5) is 0. The van der Waals surface area contributed by atoms with Crippen LogP contribution in [0.1, 0.15) is 41.0 Å². The van der Waals surface area contributed by atoms with Gasteiger partial charge in [-0.15, -0.1) is 0 Å². The Morgan fingerprint density at radius 1 is 1.00 bits per heavy atom. The van der Waals surface area contributed by atoms with Gasteiger partial charge < -0.3 is 10.5 Å². The van der Waals surface area contributed by atoms with Crippen molar-refractivity contribution >= 4 is 0 Å². The van der Waals surface area contributed by atoms with Gasteiger partial charge in [0.25, 0.3) is 0 Å². The summed E-state index contributed by atoms with van der Waals surface area (Å²) in [5.74, 6) is 0.990. The number of rotatable bonds is 6. The van der Waals surface area contributed by atoms with Crippen LogP contribution in [0.5, 0.6) is 0 Å². The van der Waals surface area contributed by atoms with Crippen LogP contribution in [0, 0.1) is 0 Å². The largest absolute Gasteiger partial charge is 0.498 e. The van der Waals surface area contributed by atoms with E-state index in [9.17, 15) is 0 Å². The van der Waals surface area contributed by atoms with Gasteiger partial charge >= 0.3 is 0 Å². The van der Waals surface area contributed by atoms with Crippen LogP contribution in [0.25, 0.3) is 0 Å². The number of allylic oxidation sites excluding steroid dienone is 6. The van der Waals surface area contributed by atoms with Crippen molar-refractivity contribution < 1.29 is 4.74 Å². The molecular weight excluding hydrogens is 210 g/mol. The monoisotopic (exact) mass is 235 g/mol. The van der Waals surface area contributed by atoms with Crippen LogP contribution in [-0.4, -0.2) is 6.61 Å². The Labute approximate surface area is 106 Å². The summed E-state index contributed by atoms with van der Waals surface area (Å²) in [7, 11) is 0. The third kappa shape index (κ3) is 4.94. The number of hydrogen-bond donors (Lipinski definition) is 1. The molecule has 0 aromatic rings. The fourth-order valence-corrected chi connectivity index (χ4v) is 1.66. The molecule has 0 heterocycles. The molecular formula is C15H25NO. The molecule has 0 saturated heterocycles. The zero-order valence-corrected chi connectivity index (χ0v) is 11.7. The summed E-state index contributed by atoms with van der Waals surface area (Å²) in [6.45, 7) is 10.7. The van der Waals surface area contributed by atoms with Crippen molar-refractivity contribution in [2.24, 2.45) is 5.73 Å². The van der Waals surface area contributed by atoms with Gasteiger partial charge in [0.2, 0.25) is 0 Å². The first kappa shape index (κ1) is 15.6. The van der Waals surface area contributed by atoms with E-state index in [0.717, 1.165) is 23.5 Å². The van der Waals surface area contributed by atoms with Crippen LogP contribution < -0.4 is 5.73 Å². The number of nitrogens with two attached hydrogens (primary N) is 1. The minimum atomic E-state index is 0.695. The lowest BCUT2D eigenvalue weighted by atomic mass is 9.98. The van der Waals surface area contributed by atoms with Crippen molar-refractivity contribution in [3.63, 3.8) is 0 Å². The highest BCUT2D eigenvalue weighted by Crippen LogP contribution is 2.23. The van der Waals surface area contributed by atoms with Gasteiger partial charge in [-0.3, -0.25) is 0 Å². The highest BCUT2D eigenvalue weighted by molar-refractivity contribution is 5.45. The zero-order valence-electron chi connectivity index (χ0n) is 11.7. The predicted octanol–water partition coefficient (Wildman–Crippen LogP) is 4.07. The molecule has 0 spiro atoms. The second-order valence-corrected chi connectivity index (χ2v) is 3.63. The average Bonchev–Trinajstić information content (AvgIpc) is 2.36. The van der Waals surface area contributed by atoms with Crippen LogP contribution in [0.3, 0.4) is 0 Å².